The minimum Gasteiger partial charge on any atom is -0.493 e. The second-order valence-electron chi connectivity index (χ2n) is 8.83. The SMILES string of the molecule is CCCCC1CCC(c2ccc(-c3ccc(OCC(C)CC)cc3)cc2)CC1. The molecular weight excluding hydrogens is 340 g/mol. The number of rotatable bonds is 9. The molecule has 0 radical (unpaired) electrons. The Bertz CT molecular complexity index is 677. The van der Waals surface area contributed by atoms with Crippen LogP contribution in [0.1, 0.15) is 83.6 Å². The molecule has 2 aromatic rings. The first-order chi connectivity index (χ1) is 13.7. The predicted octanol–water partition coefficient (Wildman–Crippen LogP) is 8.24. The van der Waals surface area contributed by atoms with Crippen molar-refractivity contribution in [1.29, 1.82) is 0 Å². The van der Waals surface area contributed by atoms with Crippen LogP contribution in [0.15, 0.2) is 48.5 Å². The summed E-state index contributed by atoms with van der Waals surface area (Å²) in [4.78, 5) is 0. The highest BCUT2D eigenvalue weighted by atomic mass is 16.5. The summed E-state index contributed by atoms with van der Waals surface area (Å²) < 4.78 is 5.88. The molecule has 1 atom stereocenters. The minimum absolute atomic E-state index is 0.605. The van der Waals surface area contributed by atoms with Crippen molar-refractivity contribution < 1.29 is 4.74 Å². The zero-order chi connectivity index (χ0) is 19.8. The maximum Gasteiger partial charge on any atom is 0.119 e. The van der Waals surface area contributed by atoms with Gasteiger partial charge in [0.05, 0.1) is 6.61 Å². The van der Waals surface area contributed by atoms with Gasteiger partial charge in [0, 0.05) is 0 Å². The Morgan fingerprint density at radius 3 is 2.04 bits per heavy atom. The maximum atomic E-state index is 5.88. The molecule has 2 aromatic carbocycles. The Hall–Kier alpha value is -1.76. The van der Waals surface area contributed by atoms with Crippen LogP contribution < -0.4 is 4.74 Å². The Labute approximate surface area is 172 Å². The van der Waals surface area contributed by atoms with Gasteiger partial charge in [0.2, 0.25) is 0 Å². The van der Waals surface area contributed by atoms with Crippen molar-refractivity contribution >= 4 is 0 Å². The molecular formula is C27H38O. The Kier molecular flexibility index (Phi) is 8.01. The fraction of sp³-hybridized carbons (Fsp3) is 0.556. The number of unbranched alkanes of at least 4 members (excludes halogenated alkanes) is 1. The van der Waals surface area contributed by atoms with Crippen LogP contribution in [0.2, 0.25) is 0 Å². The summed E-state index contributed by atoms with van der Waals surface area (Å²) in [7, 11) is 0. The lowest BCUT2D eigenvalue weighted by Crippen LogP contribution is -2.13. The molecule has 0 spiro atoms. The molecule has 0 saturated heterocycles. The fourth-order valence-corrected chi connectivity index (χ4v) is 4.32. The highest BCUT2D eigenvalue weighted by Gasteiger charge is 2.21. The summed E-state index contributed by atoms with van der Waals surface area (Å²) in [5.41, 5.74) is 4.10. The minimum atomic E-state index is 0.605. The van der Waals surface area contributed by atoms with Crippen molar-refractivity contribution in [3.05, 3.63) is 54.1 Å². The quantitative estimate of drug-likeness (QED) is 0.427. The zero-order valence-electron chi connectivity index (χ0n) is 18.1. The molecule has 1 aliphatic rings. The highest BCUT2D eigenvalue weighted by molar-refractivity contribution is 5.64. The number of ether oxygens (including phenoxy) is 1. The topological polar surface area (TPSA) is 9.23 Å². The van der Waals surface area contributed by atoms with Crippen LogP contribution in [0.4, 0.5) is 0 Å². The molecule has 28 heavy (non-hydrogen) atoms. The summed E-state index contributed by atoms with van der Waals surface area (Å²) in [5.74, 6) is 3.33. The Morgan fingerprint density at radius 1 is 0.857 bits per heavy atom. The monoisotopic (exact) mass is 378 g/mol. The Morgan fingerprint density at radius 2 is 1.46 bits per heavy atom. The van der Waals surface area contributed by atoms with E-state index in [9.17, 15) is 0 Å². The maximum absolute atomic E-state index is 5.88. The summed E-state index contributed by atoms with van der Waals surface area (Å²) in [5, 5.41) is 0. The summed E-state index contributed by atoms with van der Waals surface area (Å²) in [6, 6.07) is 17.9. The standard InChI is InChI=1S/C27H38O/c1-4-6-7-22-8-10-23(11-9-22)24-12-14-25(15-13-24)26-16-18-27(19-17-26)28-20-21(3)5-2/h12-19,21-23H,4-11,20H2,1-3H3. The van der Waals surface area contributed by atoms with E-state index >= 15 is 0 Å². The number of hydrogen-bond donors (Lipinski definition) is 0. The average Bonchev–Trinajstić information content (AvgIpc) is 2.77. The summed E-state index contributed by atoms with van der Waals surface area (Å²) in [6.45, 7) is 7.54. The van der Waals surface area contributed by atoms with Crippen molar-refractivity contribution in [2.24, 2.45) is 11.8 Å². The molecule has 152 valence electrons. The van der Waals surface area contributed by atoms with Crippen LogP contribution in [-0.4, -0.2) is 6.61 Å². The first kappa shape index (κ1) is 21.0. The number of benzene rings is 2. The Balaban J connectivity index is 1.54. The molecule has 1 aliphatic carbocycles. The molecule has 0 amide bonds. The highest BCUT2D eigenvalue weighted by Crippen LogP contribution is 2.38. The smallest absolute Gasteiger partial charge is 0.119 e. The molecule has 1 saturated carbocycles. The zero-order valence-corrected chi connectivity index (χ0v) is 18.1. The molecule has 0 heterocycles. The molecule has 0 aromatic heterocycles. The van der Waals surface area contributed by atoms with Gasteiger partial charge in [-0.25, -0.2) is 0 Å². The van der Waals surface area contributed by atoms with E-state index in [0.29, 0.717) is 5.92 Å². The van der Waals surface area contributed by atoms with Crippen molar-refractivity contribution in [2.75, 3.05) is 6.61 Å². The molecule has 0 aliphatic heterocycles. The third-order valence-corrected chi connectivity index (χ3v) is 6.61. The normalized spacial score (nSPS) is 20.7. The lowest BCUT2D eigenvalue weighted by atomic mass is 9.77. The molecule has 1 heteroatoms. The van der Waals surface area contributed by atoms with E-state index in [0.717, 1.165) is 30.6 Å². The van der Waals surface area contributed by atoms with Crippen LogP contribution in [-0.2, 0) is 0 Å². The van der Waals surface area contributed by atoms with Crippen LogP contribution in [0.25, 0.3) is 11.1 Å². The number of hydrogen-bond acceptors (Lipinski definition) is 1. The van der Waals surface area contributed by atoms with Crippen LogP contribution in [0.3, 0.4) is 0 Å². The van der Waals surface area contributed by atoms with Crippen molar-refractivity contribution in [2.45, 2.75) is 78.1 Å². The predicted molar refractivity (Wildman–Crippen MR) is 121 cm³/mol. The van der Waals surface area contributed by atoms with E-state index in [2.05, 4.69) is 69.3 Å². The molecule has 0 bridgehead atoms. The molecule has 0 N–H and O–H groups in total. The lowest BCUT2D eigenvalue weighted by molar-refractivity contribution is 0.256. The molecule has 1 nitrogen and oxygen atoms in total. The van der Waals surface area contributed by atoms with Gasteiger partial charge < -0.3 is 4.74 Å². The van der Waals surface area contributed by atoms with Gasteiger partial charge in [-0.05, 0) is 72.3 Å². The van der Waals surface area contributed by atoms with Gasteiger partial charge in [-0.15, -0.1) is 0 Å². The second-order valence-corrected chi connectivity index (χ2v) is 8.83. The lowest BCUT2D eigenvalue weighted by Gasteiger charge is -2.29. The van der Waals surface area contributed by atoms with Crippen molar-refractivity contribution in [3.63, 3.8) is 0 Å². The van der Waals surface area contributed by atoms with Gasteiger partial charge >= 0.3 is 0 Å². The van der Waals surface area contributed by atoms with Gasteiger partial charge in [0.15, 0.2) is 0 Å². The van der Waals surface area contributed by atoms with E-state index in [-0.39, 0.29) is 0 Å². The van der Waals surface area contributed by atoms with E-state index in [4.69, 9.17) is 4.74 Å². The van der Waals surface area contributed by atoms with Crippen LogP contribution >= 0.6 is 0 Å². The molecule has 3 rings (SSSR count). The first-order valence-corrected chi connectivity index (χ1v) is 11.5. The third kappa shape index (κ3) is 5.87. The summed E-state index contributed by atoms with van der Waals surface area (Å²) in [6.07, 6.45) is 10.9. The van der Waals surface area contributed by atoms with E-state index in [1.165, 1.54) is 61.6 Å². The average molecular weight is 379 g/mol. The first-order valence-electron chi connectivity index (χ1n) is 11.5. The van der Waals surface area contributed by atoms with E-state index in [1.807, 2.05) is 0 Å². The fourth-order valence-electron chi connectivity index (χ4n) is 4.32. The van der Waals surface area contributed by atoms with Crippen LogP contribution in [0.5, 0.6) is 5.75 Å². The van der Waals surface area contributed by atoms with Crippen molar-refractivity contribution in [3.8, 4) is 16.9 Å². The largest absolute Gasteiger partial charge is 0.493 e. The van der Waals surface area contributed by atoms with Gasteiger partial charge in [-0.2, -0.15) is 0 Å². The molecule has 1 unspecified atom stereocenters. The van der Waals surface area contributed by atoms with E-state index in [1.54, 1.807) is 0 Å². The van der Waals surface area contributed by atoms with Gasteiger partial charge in [0.25, 0.3) is 0 Å². The van der Waals surface area contributed by atoms with Gasteiger partial charge in [0.1, 0.15) is 5.75 Å². The third-order valence-electron chi connectivity index (χ3n) is 6.61. The van der Waals surface area contributed by atoms with Gasteiger partial charge in [-0.3, -0.25) is 0 Å². The second kappa shape index (κ2) is 10.7. The van der Waals surface area contributed by atoms with Gasteiger partial charge in [-0.1, -0.05) is 82.9 Å². The van der Waals surface area contributed by atoms with Crippen LogP contribution in [0, 0.1) is 11.8 Å². The van der Waals surface area contributed by atoms with Crippen molar-refractivity contribution in [1.82, 2.24) is 0 Å². The van der Waals surface area contributed by atoms with E-state index < -0.39 is 0 Å². The summed E-state index contributed by atoms with van der Waals surface area (Å²) >= 11 is 0. The molecule has 1 fully saturated rings.